The number of anilines is 1. The van der Waals surface area contributed by atoms with Crippen molar-refractivity contribution in [3.8, 4) is 0 Å². The summed E-state index contributed by atoms with van der Waals surface area (Å²) in [5.74, 6) is -2.42. The number of sulfonamides is 1. The van der Waals surface area contributed by atoms with E-state index in [1.54, 1.807) is 26.0 Å². The summed E-state index contributed by atoms with van der Waals surface area (Å²) in [6.45, 7) is 6.72. The number of halogens is 2. The van der Waals surface area contributed by atoms with Crippen molar-refractivity contribution in [3.63, 3.8) is 0 Å². The van der Waals surface area contributed by atoms with Gasteiger partial charge < -0.3 is 9.88 Å². The smallest absolute Gasteiger partial charge is 0.243 e. The monoisotopic (exact) mass is 482 g/mol. The van der Waals surface area contributed by atoms with Gasteiger partial charge in [0.15, 0.2) is 5.16 Å². The van der Waals surface area contributed by atoms with Crippen molar-refractivity contribution in [1.29, 1.82) is 0 Å². The Kier molecular flexibility index (Phi) is 7.52. The number of imidazole rings is 1. The Morgan fingerprint density at radius 2 is 1.78 bits per heavy atom. The van der Waals surface area contributed by atoms with Gasteiger partial charge in [0.1, 0.15) is 17.3 Å². The Morgan fingerprint density at radius 1 is 1.12 bits per heavy atom. The van der Waals surface area contributed by atoms with Gasteiger partial charge in [0.25, 0.3) is 0 Å². The first-order valence-corrected chi connectivity index (χ1v) is 12.5. The highest BCUT2D eigenvalue weighted by Crippen LogP contribution is 2.27. The van der Waals surface area contributed by atoms with Crippen LogP contribution in [0.25, 0.3) is 11.0 Å². The highest BCUT2D eigenvalue weighted by molar-refractivity contribution is 7.99. The Morgan fingerprint density at radius 3 is 2.38 bits per heavy atom. The average molecular weight is 483 g/mol. The maximum atomic E-state index is 13.7. The van der Waals surface area contributed by atoms with E-state index in [9.17, 15) is 22.0 Å². The van der Waals surface area contributed by atoms with Gasteiger partial charge in [-0.25, -0.2) is 22.2 Å². The van der Waals surface area contributed by atoms with Crippen LogP contribution in [-0.4, -0.2) is 47.0 Å². The third-order valence-electron chi connectivity index (χ3n) is 4.90. The fraction of sp³-hybridized carbons (Fsp3) is 0.333. The lowest BCUT2D eigenvalue weighted by Gasteiger charge is -2.18. The van der Waals surface area contributed by atoms with Crippen molar-refractivity contribution < 1.29 is 22.0 Å². The molecular formula is C21H24F2N4O3S2. The fourth-order valence-electron chi connectivity index (χ4n) is 3.30. The predicted octanol–water partition coefficient (Wildman–Crippen LogP) is 4.10. The normalized spacial score (nSPS) is 11.9. The van der Waals surface area contributed by atoms with E-state index in [0.717, 1.165) is 29.4 Å². The number of amides is 1. The molecule has 11 heteroatoms. The summed E-state index contributed by atoms with van der Waals surface area (Å²) in [7, 11) is -3.63. The van der Waals surface area contributed by atoms with Gasteiger partial charge in [-0.3, -0.25) is 4.79 Å². The molecule has 0 fully saturated rings. The minimum absolute atomic E-state index is 0.123. The van der Waals surface area contributed by atoms with E-state index in [2.05, 4.69) is 10.3 Å². The third-order valence-corrected chi connectivity index (χ3v) is 7.93. The molecule has 0 spiro atoms. The number of aryl methyl sites for hydroxylation is 1. The summed E-state index contributed by atoms with van der Waals surface area (Å²) in [4.78, 5) is 16.9. The molecule has 0 bridgehead atoms. The second-order valence-electron chi connectivity index (χ2n) is 6.81. The zero-order chi connectivity index (χ0) is 23.5. The summed E-state index contributed by atoms with van der Waals surface area (Å²) in [6, 6.07) is 8.10. The summed E-state index contributed by atoms with van der Waals surface area (Å²) in [5, 5.41) is 2.75. The zero-order valence-corrected chi connectivity index (χ0v) is 19.6. The predicted molar refractivity (Wildman–Crippen MR) is 121 cm³/mol. The van der Waals surface area contributed by atoms with Crippen molar-refractivity contribution in [1.82, 2.24) is 13.9 Å². The van der Waals surface area contributed by atoms with Gasteiger partial charge in [0.05, 0.1) is 21.7 Å². The van der Waals surface area contributed by atoms with Gasteiger partial charge in [-0.1, -0.05) is 31.7 Å². The number of hydrogen-bond acceptors (Lipinski definition) is 5. The minimum atomic E-state index is -3.63. The van der Waals surface area contributed by atoms with Gasteiger partial charge in [-0.05, 0) is 37.3 Å². The highest BCUT2D eigenvalue weighted by Gasteiger charge is 2.23. The van der Waals surface area contributed by atoms with Gasteiger partial charge >= 0.3 is 0 Å². The van der Waals surface area contributed by atoms with Crippen LogP contribution in [0.4, 0.5) is 14.5 Å². The molecule has 0 unspecified atom stereocenters. The number of hydrogen-bond donors (Lipinski definition) is 1. The highest BCUT2D eigenvalue weighted by atomic mass is 32.2. The molecular weight excluding hydrogens is 458 g/mol. The number of rotatable bonds is 9. The molecule has 0 aliphatic heterocycles. The van der Waals surface area contributed by atoms with E-state index in [4.69, 9.17) is 0 Å². The SMILES string of the molecule is CCN(CC)S(=O)(=O)c1ccc2c(c1)nc(SCC(=O)Nc1c(F)cccc1F)n2CC. The standard InChI is InChI=1S/C21H24F2N4O3S2/c1-4-26(5-2)32(29,30)14-10-11-18-17(12-14)24-21(27(18)6-3)31-13-19(28)25-20-15(22)8-7-9-16(20)23/h7-12H,4-6,13H2,1-3H3,(H,25,28). The van der Waals surface area contributed by atoms with Crippen molar-refractivity contribution in [2.75, 3.05) is 24.2 Å². The molecule has 0 atom stereocenters. The van der Waals surface area contributed by atoms with Crippen molar-refractivity contribution in [2.45, 2.75) is 37.4 Å². The number of carbonyl (C=O) groups is 1. The number of aromatic nitrogens is 2. The molecule has 0 saturated heterocycles. The largest absolute Gasteiger partial charge is 0.320 e. The molecule has 32 heavy (non-hydrogen) atoms. The second-order valence-corrected chi connectivity index (χ2v) is 9.69. The Balaban J connectivity index is 1.83. The summed E-state index contributed by atoms with van der Waals surface area (Å²) < 4.78 is 56.3. The maximum Gasteiger partial charge on any atom is 0.243 e. The number of nitrogens with zero attached hydrogens (tertiary/aromatic N) is 3. The lowest BCUT2D eigenvalue weighted by Crippen LogP contribution is -2.30. The number of para-hydroxylation sites is 1. The van der Waals surface area contributed by atoms with Crippen LogP contribution in [0.5, 0.6) is 0 Å². The number of benzene rings is 2. The first kappa shape index (κ1) is 24.1. The van der Waals surface area contributed by atoms with Crippen LogP contribution < -0.4 is 5.32 Å². The summed E-state index contributed by atoms with van der Waals surface area (Å²) >= 11 is 1.10. The van der Waals surface area contributed by atoms with Gasteiger partial charge in [-0.2, -0.15) is 4.31 Å². The number of carbonyl (C=O) groups excluding carboxylic acids is 1. The molecule has 0 aliphatic carbocycles. The van der Waals surface area contributed by atoms with E-state index in [1.165, 1.54) is 16.4 Å². The van der Waals surface area contributed by atoms with E-state index < -0.39 is 33.3 Å². The average Bonchev–Trinajstić information content (AvgIpc) is 3.12. The summed E-state index contributed by atoms with van der Waals surface area (Å²) in [5.41, 5.74) is 0.727. The second kappa shape index (κ2) is 9.97. The van der Waals surface area contributed by atoms with Gasteiger partial charge in [0.2, 0.25) is 15.9 Å². The zero-order valence-electron chi connectivity index (χ0n) is 17.9. The molecule has 7 nitrogen and oxygen atoms in total. The summed E-state index contributed by atoms with van der Waals surface area (Å²) in [6.07, 6.45) is 0. The quantitative estimate of drug-likeness (QED) is 0.465. The van der Waals surface area contributed by atoms with Crippen LogP contribution in [0.2, 0.25) is 0 Å². The van der Waals surface area contributed by atoms with Crippen LogP contribution in [0.3, 0.4) is 0 Å². The first-order chi connectivity index (χ1) is 15.2. The van der Waals surface area contributed by atoms with E-state index in [1.807, 2.05) is 11.5 Å². The molecule has 0 saturated carbocycles. The van der Waals surface area contributed by atoms with Crippen LogP contribution in [-0.2, 0) is 21.4 Å². The van der Waals surface area contributed by atoms with E-state index >= 15 is 0 Å². The molecule has 1 aromatic heterocycles. The van der Waals surface area contributed by atoms with Crippen LogP contribution in [0, 0.1) is 11.6 Å². The number of thioether (sulfide) groups is 1. The van der Waals surface area contributed by atoms with Crippen molar-refractivity contribution >= 4 is 44.4 Å². The van der Waals surface area contributed by atoms with Crippen LogP contribution in [0.15, 0.2) is 46.5 Å². The van der Waals surface area contributed by atoms with Gasteiger partial charge in [0, 0.05) is 19.6 Å². The lowest BCUT2D eigenvalue weighted by atomic mass is 10.3. The minimum Gasteiger partial charge on any atom is -0.320 e. The molecule has 1 N–H and O–H groups in total. The molecule has 0 aliphatic rings. The molecule has 172 valence electrons. The third kappa shape index (κ3) is 4.79. The van der Waals surface area contributed by atoms with Crippen LogP contribution in [0.1, 0.15) is 20.8 Å². The molecule has 2 aromatic carbocycles. The number of fused-ring (bicyclic) bond motifs is 1. The van der Waals surface area contributed by atoms with Crippen molar-refractivity contribution in [3.05, 3.63) is 48.0 Å². The first-order valence-electron chi connectivity index (χ1n) is 10.1. The maximum absolute atomic E-state index is 13.7. The number of nitrogens with one attached hydrogen (secondary N) is 1. The molecule has 3 aromatic rings. The van der Waals surface area contributed by atoms with Crippen LogP contribution >= 0.6 is 11.8 Å². The Hall–Kier alpha value is -2.50. The van der Waals surface area contributed by atoms with E-state index in [-0.39, 0.29) is 10.6 Å². The molecule has 1 amide bonds. The van der Waals surface area contributed by atoms with Gasteiger partial charge in [-0.15, -0.1) is 0 Å². The Labute approximate surface area is 189 Å². The van der Waals surface area contributed by atoms with Crippen molar-refractivity contribution in [2.24, 2.45) is 0 Å². The topological polar surface area (TPSA) is 84.3 Å². The molecule has 0 radical (unpaired) electrons. The van der Waals surface area contributed by atoms with E-state index in [0.29, 0.717) is 30.3 Å². The molecule has 3 rings (SSSR count). The fourth-order valence-corrected chi connectivity index (χ4v) is 5.66. The lowest BCUT2D eigenvalue weighted by molar-refractivity contribution is -0.113. The molecule has 1 heterocycles. The Bertz CT molecular complexity index is 1220.